The van der Waals surface area contributed by atoms with Crippen LogP contribution in [-0.2, 0) is 0 Å². The first kappa shape index (κ1) is 17.3. The minimum atomic E-state index is 0.748. The molecular weight excluding hydrogens is 240 g/mol. The molecule has 1 aliphatic carbocycles. The van der Waals surface area contributed by atoms with Crippen LogP contribution in [0.15, 0.2) is 36.5 Å². The molecule has 0 N–H and O–H groups in total. The first-order chi connectivity index (χ1) is 9.77. The number of hydrogen-bond donors (Lipinski definition) is 0. The van der Waals surface area contributed by atoms with E-state index < -0.39 is 0 Å². The third-order valence-corrected chi connectivity index (χ3v) is 4.74. The Labute approximate surface area is 127 Å². The second-order valence-corrected chi connectivity index (χ2v) is 6.45. The molecule has 1 unspecified atom stereocenters. The van der Waals surface area contributed by atoms with Gasteiger partial charge in [-0.3, -0.25) is 0 Å². The molecule has 114 valence electrons. The fraction of sp³-hybridized carbons (Fsp3) is 0.700. The van der Waals surface area contributed by atoms with Crippen molar-refractivity contribution in [3.05, 3.63) is 36.5 Å². The van der Waals surface area contributed by atoms with E-state index in [2.05, 4.69) is 32.6 Å². The molecule has 0 spiro atoms. The Morgan fingerprint density at radius 1 is 1.20 bits per heavy atom. The van der Waals surface area contributed by atoms with Crippen molar-refractivity contribution in [3.8, 4) is 0 Å². The zero-order valence-corrected chi connectivity index (χ0v) is 13.7. The summed E-state index contributed by atoms with van der Waals surface area (Å²) in [5.74, 6) is 1.76. The SMILES string of the molecule is C=C/C=C\C=C(/CCCC)C(C)CCC1CCCCC1. The van der Waals surface area contributed by atoms with Gasteiger partial charge >= 0.3 is 0 Å². The lowest BCUT2D eigenvalue weighted by Gasteiger charge is -2.24. The molecule has 0 heterocycles. The lowest BCUT2D eigenvalue weighted by molar-refractivity contribution is 0.319. The van der Waals surface area contributed by atoms with E-state index in [0.717, 1.165) is 11.8 Å². The van der Waals surface area contributed by atoms with Crippen LogP contribution in [0.1, 0.15) is 78.1 Å². The smallest absolute Gasteiger partial charge is 0.0228 e. The predicted octanol–water partition coefficient (Wildman–Crippen LogP) is 6.84. The highest BCUT2D eigenvalue weighted by atomic mass is 14.2. The molecule has 0 nitrogen and oxygen atoms in total. The van der Waals surface area contributed by atoms with Gasteiger partial charge in [0.15, 0.2) is 0 Å². The first-order valence-electron chi connectivity index (χ1n) is 8.76. The maximum absolute atomic E-state index is 3.75. The zero-order chi connectivity index (χ0) is 14.6. The van der Waals surface area contributed by atoms with Crippen LogP contribution in [0.3, 0.4) is 0 Å². The second-order valence-electron chi connectivity index (χ2n) is 6.45. The topological polar surface area (TPSA) is 0 Å². The van der Waals surface area contributed by atoms with Crippen LogP contribution < -0.4 is 0 Å². The van der Waals surface area contributed by atoms with Crippen molar-refractivity contribution >= 4 is 0 Å². The molecular formula is C20H34. The van der Waals surface area contributed by atoms with E-state index in [1.54, 1.807) is 5.57 Å². The molecule has 1 aliphatic rings. The summed E-state index contributed by atoms with van der Waals surface area (Å²) in [5, 5.41) is 0. The van der Waals surface area contributed by atoms with Gasteiger partial charge in [-0.2, -0.15) is 0 Å². The quantitative estimate of drug-likeness (QED) is 0.404. The monoisotopic (exact) mass is 274 g/mol. The molecule has 0 heteroatoms. The van der Waals surface area contributed by atoms with Gasteiger partial charge in [-0.25, -0.2) is 0 Å². The summed E-state index contributed by atoms with van der Waals surface area (Å²) in [4.78, 5) is 0. The second kappa shape index (κ2) is 10.9. The van der Waals surface area contributed by atoms with Crippen LogP contribution in [0.4, 0.5) is 0 Å². The average molecular weight is 274 g/mol. The molecule has 0 aliphatic heterocycles. The fourth-order valence-corrected chi connectivity index (χ4v) is 3.28. The Balaban J connectivity index is 2.43. The molecule has 1 fully saturated rings. The van der Waals surface area contributed by atoms with Crippen molar-refractivity contribution in [2.75, 3.05) is 0 Å². The van der Waals surface area contributed by atoms with Crippen LogP contribution in [0.25, 0.3) is 0 Å². The Kier molecular flexibility index (Phi) is 9.45. The van der Waals surface area contributed by atoms with Crippen LogP contribution in [0, 0.1) is 11.8 Å². The summed E-state index contributed by atoms with van der Waals surface area (Å²) < 4.78 is 0. The fourth-order valence-electron chi connectivity index (χ4n) is 3.28. The molecule has 20 heavy (non-hydrogen) atoms. The van der Waals surface area contributed by atoms with Gasteiger partial charge in [0.1, 0.15) is 0 Å². The Morgan fingerprint density at radius 2 is 1.95 bits per heavy atom. The predicted molar refractivity (Wildman–Crippen MR) is 91.9 cm³/mol. The summed E-state index contributed by atoms with van der Waals surface area (Å²) in [5.41, 5.74) is 1.64. The van der Waals surface area contributed by atoms with Gasteiger partial charge in [0, 0.05) is 0 Å². The van der Waals surface area contributed by atoms with E-state index >= 15 is 0 Å². The highest BCUT2D eigenvalue weighted by Crippen LogP contribution is 2.31. The molecule has 0 bridgehead atoms. The maximum Gasteiger partial charge on any atom is -0.0228 e. The summed E-state index contributed by atoms with van der Waals surface area (Å²) in [6.07, 6.45) is 22.5. The van der Waals surface area contributed by atoms with Crippen molar-refractivity contribution < 1.29 is 0 Å². The van der Waals surface area contributed by atoms with Crippen LogP contribution in [-0.4, -0.2) is 0 Å². The van der Waals surface area contributed by atoms with Crippen molar-refractivity contribution in [2.24, 2.45) is 11.8 Å². The summed E-state index contributed by atoms with van der Waals surface area (Å²) in [6.45, 7) is 8.45. The van der Waals surface area contributed by atoms with Crippen LogP contribution in [0.2, 0.25) is 0 Å². The van der Waals surface area contributed by atoms with Gasteiger partial charge in [0.25, 0.3) is 0 Å². The van der Waals surface area contributed by atoms with Crippen molar-refractivity contribution in [1.82, 2.24) is 0 Å². The van der Waals surface area contributed by atoms with E-state index in [4.69, 9.17) is 0 Å². The molecule has 0 radical (unpaired) electrons. The lowest BCUT2D eigenvalue weighted by Crippen LogP contribution is -2.09. The van der Waals surface area contributed by atoms with E-state index in [1.807, 2.05) is 12.2 Å². The van der Waals surface area contributed by atoms with Gasteiger partial charge in [0.2, 0.25) is 0 Å². The Hall–Kier alpha value is -0.780. The van der Waals surface area contributed by atoms with Gasteiger partial charge in [-0.1, -0.05) is 88.8 Å². The van der Waals surface area contributed by atoms with Crippen LogP contribution in [0.5, 0.6) is 0 Å². The number of hydrogen-bond acceptors (Lipinski definition) is 0. The number of unbranched alkanes of at least 4 members (excludes halogenated alkanes) is 1. The molecule has 0 aromatic rings. The molecule has 0 saturated heterocycles. The van der Waals surface area contributed by atoms with E-state index in [9.17, 15) is 0 Å². The largest absolute Gasteiger partial charge is 0.0991 e. The van der Waals surface area contributed by atoms with Crippen molar-refractivity contribution in [3.63, 3.8) is 0 Å². The standard InChI is InChI=1S/C20H34/c1-4-6-9-15-20(14-7-5-2)18(3)16-17-19-12-10-8-11-13-19/h4,6,9,15,18-19H,1,5,7-8,10-14,16-17H2,2-3H3/b9-6-,20-15+. The lowest BCUT2D eigenvalue weighted by atomic mass is 9.82. The van der Waals surface area contributed by atoms with Gasteiger partial charge in [0.05, 0.1) is 0 Å². The molecule has 0 aromatic carbocycles. The normalized spacial score (nSPS) is 19.4. The number of rotatable bonds is 9. The summed E-state index contributed by atoms with van der Waals surface area (Å²) >= 11 is 0. The highest BCUT2D eigenvalue weighted by Gasteiger charge is 2.15. The highest BCUT2D eigenvalue weighted by molar-refractivity contribution is 5.17. The summed E-state index contributed by atoms with van der Waals surface area (Å²) in [6, 6.07) is 0. The van der Waals surface area contributed by atoms with Crippen molar-refractivity contribution in [2.45, 2.75) is 78.1 Å². The van der Waals surface area contributed by atoms with Gasteiger partial charge in [-0.15, -0.1) is 0 Å². The van der Waals surface area contributed by atoms with E-state index in [0.29, 0.717) is 0 Å². The third kappa shape index (κ3) is 7.12. The van der Waals surface area contributed by atoms with E-state index in [-0.39, 0.29) is 0 Å². The first-order valence-corrected chi connectivity index (χ1v) is 8.76. The van der Waals surface area contributed by atoms with Gasteiger partial charge < -0.3 is 0 Å². The van der Waals surface area contributed by atoms with Crippen molar-refractivity contribution in [1.29, 1.82) is 0 Å². The average Bonchev–Trinajstić information content (AvgIpc) is 2.49. The van der Waals surface area contributed by atoms with Crippen LogP contribution >= 0.6 is 0 Å². The molecule has 1 atom stereocenters. The minimum absolute atomic E-state index is 0.748. The third-order valence-electron chi connectivity index (χ3n) is 4.74. The van der Waals surface area contributed by atoms with E-state index in [1.165, 1.54) is 64.2 Å². The zero-order valence-electron chi connectivity index (χ0n) is 13.7. The molecule has 0 amide bonds. The summed E-state index contributed by atoms with van der Waals surface area (Å²) in [7, 11) is 0. The molecule has 1 saturated carbocycles. The minimum Gasteiger partial charge on any atom is -0.0991 e. The Morgan fingerprint density at radius 3 is 2.60 bits per heavy atom. The molecule has 0 aromatic heterocycles. The maximum atomic E-state index is 3.75. The molecule has 1 rings (SSSR count). The van der Waals surface area contributed by atoms with Gasteiger partial charge in [-0.05, 0) is 37.5 Å². The Bertz CT molecular complexity index is 302. The number of allylic oxidation sites excluding steroid dienone is 5.